The molecular formula is C19H21ClN2O5S. The third kappa shape index (κ3) is 3.76. The van der Waals surface area contributed by atoms with Crippen LogP contribution in [-0.2, 0) is 16.4 Å². The Morgan fingerprint density at radius 2 is 2.11 bits per heavy atom. The number of hydrogen-bond acceptors (Lipinski definition) is 7. The summed E-state index contributed by atoms with van der Waals surface area (Å²) in [7, 11) is -2.97. The lowest BCUT2D eigenvalue weighted by Crippen LogP contribution is -2.36. The van der Waals surface area contributed by atoms with Crippen molar-refractivity contribution >= 4 is 21.4 Å². The molecule has 1 aromatic carbocycles. The Hall–Kier alpha value is -2.03. The molecule has 9 heteroatoms. The summed E-state index contributed by atoms with van der Waals surface area (Å²) in [5, 5.41) is 0.460. The van der Waals surface area contributed by atoms with Crippen molar-refractivity contribution in [3.05, 3.63) is 41.3 Å². The van der Waals surface area contributed by atoms with Crippen LogP contribution in [0.3, 0.4) is 0 Å². The van der Waals surface area contributed by atoms with E-state index in [1.54, 1.807) is 18.2 Å². The normalized spacial score (nSPS) is 20.0. The van der Waals surface area contributed by atoms with Gasteiger partial charge in [0.1, 0.15) is 5.76 Å². The van der Waals surface area contributed by atoms with E-state index in [-0.39, 0.29) is 24.3 Å². The molecule has 0 N–H and O–H groups in total. The molecule has 0 amide bonds. The predicted octanol–water partition coefficient (Wildman–Crippen LogP) is 3.21. The first kappa shape index (κ1) is 19.3. The minimum Gasteiger partial charge on any atom is -0.454 e. The fourth-order valence-electron chi connectivity index (χ4n) is 3.54. The fraction of sp³-hybridized carbons (Fsp3) is 0.421. The molecule has 0 aliphatic carbocycles. The van der Waals surface area contributed by atoms with Crippen molar-refractivity contribution < 1.29 is 22.3 Å². The van der Waals surface area contributed by atoms with Gasteiger partial charge in [0, 0.05) is 25.2 Å². The highest BCUT2D eigenvalue weighted by molar-refractivity contribution is 7.91. The van der Waals surface area contributed by atoms with Crippen molar-refractivity contribution in [1.29, 1.82) is 0 Å². The molecule has 2 aliphatic heterocycles. The van der Waals surface area contributed by atoms with E-state index < -0.39 is 9.84 Å². The summed E-state index contributed by atoms with van der Waals surface area (Å²) in [6.07, 6.45) is 2.39. The zero-order chi connectivity index (χ0) is 19.9. The Morgan fingerprint density at radius 1 is 1.36 bits per heavy atom. The van der Waals surface area contributed by atoms with Crippen LogP contribution >= 0.6 is 11.6 Å². The molecule has 150 valence electrons. The van der Waals surface area contributed by atoms with Gasteiger partial charge in [-0.25, -0.2) is 13.4 Å². The van der Waals surface area contributed by atoms with Gasteiger partial charge in [-0.15, -0.1) is 6.58 Å². The second-order valence-electron chi connectivity index (χ2n) is 6.98. The SMILES string of the molecule is C=CCN(Cc1nc(-c2cc3c(cc2Cl)OCO3)oc1C)[C@H]1CCS(=O)(=O)C1. The lowest BCUT2D eigenvalue weighted by molar-refractivity contribution is 0.174. The number of aryl methyl sites for hydroxylation is 1. The highest BCUT2D eigenvalue weighted by Gasteiger charge is 2.32. The first-order valence-corrected chi connectivity index (χ1v) is 11.2. The van der Waals surface area contributed by atoms with Crippen molar-refractivity contribution in [3.8, 4) is 23.0 Å². The standard InChI is InChI=1S/C19H21ClN2O5S/c1-3-5-22(13-4-6-28(23,24)10-13)9-16-12(2)27-19(21-16)14-7-17-18(8-15(14)20)26-11-25-17/h3,7-8,13H,1,4-6,9-11H2,2H3/t13-/m0/s1. The van der Waals surface area contributed by atoms with E-state index in [2.05, 4.69) is 16.5 Å². The van der Waals surface area contributed by atoms with Gasteiger partial charge < -0.3 is 13.9 Å². The summed E-state index contributed by atoms with van der Waals surface area (Å²) in [6, 6.07) is 3.40. The van der Waals surface area contributed by atoms with E-state index >= 15 is 0 Å². The van der Waals surface area contributed by atoms with E-state index in [9.17, 15) is 8.42 Å². The molecule has 3 heterocycles. The van der Waals surface area contributed by atoms with E-state index in [1.165, 1.54) is 0 Å². The molecule has 0 unspecified atom stereocenters. The Kier molecular flexibility index (Phi) is 5.11. The summed E-state index contributed by atoms with van der Waals surface area (Å²) in [5.41, 5.74) is 1.37. The molecule has 1 atom stereocenters. The number of rotatable bonds is 6. The Morgan fingerprint density at radius 3 is 2.79 bits per heavy atom. The van der Waals surface area contributed by atoms with Crippen molar-refractivity contribution in [2.45, 2.75) is 25.9 Å². The van der Waals surface area contributed by atoms with Gasteiger partial charge in [-0.3, -0.25) is 4.90 Å². The molecule has 0 radical (unpaired) electrons. The van der Waals surface area contributed by atoms with Gasteiger partial charge in [-0.2, -0.15) is 0 Å². The summed E-state index contributed by atoms with van der Waals surface area (Å²) in [6.45, 7) is 6.84. The van der Waals surface area contributed by atoms with Gasteiger partial charge in [0.15, 0.2) is 21.3 Å². The van der Waals surface area contributed by atoms with Gasteiger partial charge in [0.2, 0.25) is 12.7 Å². The van der Waals surface area contributed by atoms with E-state index in [1.807, 2.05) is 6.92 Å². The van der Waals surface area contributed by atoms with Crippen LogP contribution in [0.2, 0.25) is 5.02 Å². The molecule has 2 aromatic rings. The van der Waals surface area contributed by atoms with E-state index in [4.69, 9.17) is 25.5 Å². The van der Waals surface area contributed by atoms with Crippen LogP contribution in [0.1, 0.15) is 17.9 Å². The van der Waals surface area contributed by atoms with Crippen LogP contribution in [-0.4, -0.2) is 49.2 Å². The van der Waals surface area contributed by atoms with E-state index in [0.29, 0.717) is 53.2 Å². The van der Waals surface area contributed by atoms with Crippen LogP contribution in [0.4, 0.5) is 0 Å². The summed E-state index contributed by atoms with van der Waals surface area (Å²) in [5.74, 6) is 2.64. The number of fused-ring (bicyclic) bond motifs is 1. The number of halogens is 1. The van der Waals surface area contributed by atoms with E-state index in [0.717, 1.165) is 5.69 Å². The van der Waals surface area contributed by atoms with Gasteiger partial charge in [0.25, 0.3) is 0 Å². The van der Waals surface area contributed by atoms with Gasteiger partial charge in [-0.05, 0) is 19.4 Å². The number of nitrogens with zero attached hydrogens (tertiary/aromatic N) is 2. The van der Waals surface area contributed by atoms with Crippen LogP contribution in [0.5, 0.6) is 11.5 Å². The molecule has 1 saturated heterocycles. The van der Waals surface area contributed by atoms with Crippen molar-refractivity contribution in [3.63, 3.8) is 0 Å². The number of oxazole rings is 1. The molecule has 4 rings (SSSR count). The third-order valence-electron chi connectivity index (χ3n) is 5.03. The summed E-state index contributed by atoms with van der Waals surface area (Å²) >= 11 is 6.37. The molecule has 0 spiro atoms. The Bertz CT molecular complexity index is 1020. The molecule has 1 aromatic heterocycles. The van der Waals surface area contributed by atoms with Crippen molar-refractivity contribution in [1.82, 2.24) is 9.88 Å². The topological polar surface area (TPSA) is 81.9 Å². The summed E-state index contributed by atoms with van der Waals surface area (Å²) in [4.78, 5) is 6.70. The maximum Gasteiger partial charge on any atom is 0.231 e. The molecule has 0 saturated carbocycles. The van der Waals surface area contributed by atoms with Gasteiger partial charge >= 0.3 is 0 Å². The lowest BCUT2D eigenvalue weighted by Gasteiger charge is -2.25. The fourth-order valence-corrected chi connectivity index (χ4v) is 5.53. The molecule has 1 fully saturated rings. The maximum absolute atomic E-state index is 11.9. The zero-order valence-electron chi connectivity index (χ0n) is 15.5. The molecule has 2 aliphatic rings. The second kappa shape index (κ2) is 7.42. The number of hydrogen-bond donors (Lipinski definition) is 0. The molecule has 0 bridgehead atoms. The first-order valence-electron chi connectivity index (χ1n) is 8.97. The predicted molar refractivity (Wildman–Crippen MR) is 105 cm³/mol. The van der Waals surface area contributed by atoms with Crippen LogP contribution in [0.15, 0.2) is 29.2 Å². The number of aromatic nitrogens is 1. The van der Waals surface area contributed by atoms with Crippen LogP contribution in [0.25, 0.3) is 11.5 Å². The molecule has 7 nitrogen and oxygen atoms in total. The quantitative estimate of drug-likeness (QED) is 0.658. The minimum absolute atomic E-state index is 0.0447. The molecular weight excluding hydrogens is 404 g/mol. The van der Waals surface area contributed by atoms with Gasteiger partial charge in [0.05, 0.1) is 27.8 Å². The average molecular weight is 425 g/mol. The number of ether oxygens (including phenoxy) is 2. The largest absolute Gasteiger partial charge is 0.454 e. The lowest BCUT2D eigenvalue weighted by atomic mass is 10.2. The van der Waals surface area contributed by atoms with Gasteiger partial charge in [-0.1, -0.05) is 17.7 Å². The monoisotopic (exact) mass is 424 g/mol. The molecule has 28 heavy (non-hydrogen) atoms. The number of sulfone groups is 1. The smallest absolute Gasteiger partial charge is 0.231 e. The first-order chi connectivity index (χ1) is 13.4. The third-order valence-corrected chi connectivity index (χ3v) is 7.09. The Labute approximate surface area is 168 Å². The highest BCUT2D eigenvalue weighted by Crippen LogP contribution is 2.41. The Balaban J connectivity index is 1.60. The van der Waals surface area contributed by atoms with Crippen LogP contribution in [0, 0.1) is 6.92 Å². The number of benzene rings is 1. The van der Waals surface area contributed by atoms with Crippen molar-refractivity contribution in [2.75, 3.05) is 24.8 Å². The van der Waals surface area contributed by atoms with Crippen LogP contribution < -0.4 is 9.47 Å². The summed E-state index contributed by atoms with van der Waals surface area (Å²) < 4.78 is 40.3. The average Bonchev–Trinajstić information content (AvgIpc) is 3.32. The highest BCUT2D eigenvalue weighted by atomic mass is 35.5. The minimum atomic E-state index is -2.97. The zero-order valence-corrected chi connectivity index (χ0v) is 17.1. The maximum atomic E-state index is 11.9. The second-order valence-corrected chi connectivity index (χ2v) is 9.62. The van der Waals surface area contributed by atoms with Crippen molar-refractivity contribution in [2.24, 2.45) is 0 Å².